The van der Waals surface area contributed by atoms with Crippen molar-refractivity contribution in [3.05, 3.63) is 11.1 Å². The summed E-state index contributed by atoms with van der Waals surface area (Å²) in [5.41, 5.74) is -0.281. The van der Waals surface area contributed by atoms with Crippen molar-refractivity contribution in [1.82, 2.24) is 0 Å². The zero-order chi connectivity index (χ0) is 21.8. The first kappa shape index (κ1) is 26.9. The van der Waals surface area contributed by atoms with Gasteiger partial charge in [0.05, 0.1) is 0 Å². The molecule has 0 atom stereocenters. The molecule has 0 bridgehead atoms. The van der Waals surface area contributed by atoms with Gasteiger partial charge in [-0.2, -0.15) is 0 Å². The van der Waals surface area contributed by atoms with E-state index in [0.717, 1.165) is 0 Å². The van der Waals surface area contributed by atoms with E-state index in [2.05, 4.69) is 0 Å². The highest BCUT2D eigenvalue weighted by Gasteiger charge is 2.38. The minimum atomic E-state index is -2.85. The van der Waals surface area contributed by atoms with Gasteiger partial charge >= 0.3 is 29.5 Å². The van der Waals surface area contributed by atoms with Crippen molar-refractivity contribution < 1.29 is 46.4 Å². The maximum absolute atomic E-state index is 11.7. The number of carboxylic acid groups (broad SMARTS) is 2. The average molecular weight is 441 g/mol. The lowest BCUT2D eigenvalue weighted by Crippen LogP contribution is -2.42. The van der Waals surface area contributed by atoms with Crippen molar-refractivity contribution >= 4 is 29.5 Å². The zero-order valence-electron chi connectivity index (χ0n) is 17.4. The molecule has 0 aliphatic rings. The van der Waals surface area contributed by atoms with Crippen molar-refractivity contribution in [3.8, 4) is 0 Å². The molecule has 0 aliphatic heterocycles. The molecule has 164 valence electrons. The summed E-state index contributed by atoms with van der Waals surface area (Å²) < 4.78 is 31.8. The fourth-order valence-corrected chi connectivity index (χ4v) is 6.29. The average Bonchev–Trinajstić information content (AvgIpc) is 2.70. The predicted molar refractivity (Wildman–Crippen MR) is 104 cm³/mol. The first-order valence-electron chi connectivity index (χ1n) is 8.69. The summed E-state index contributed by atoms with van der Waals surface area (Å²) in [5, 5.41) is 19.0. The van der Waals surface area contributed by atoms with Crippen LogP contribution < -0.4 is 0 Å². The highest BCUT2D eigenvalue weighted by Crippen LogP contribution is 2.25. The lowest BCUT2D eigenvalue weighted by atomic mass is 10.00. The molecule has 0 rings (SSSR count). The molecule has 0 fully saturated rings. The van der Waals surface area contributed by atoms with Crippen LogP contribution in [0, 0.1) is 0 Å². The molecule has 0 saturated carbocycles. The van der Waals surface area contributed by atoms with Gasteiger partial charge in [-0.15, -0.1) is 0 Å². The Morgan fingerprint density at radius 2 is 0.857 bits per heavy atom. The molecule has 0 aromatic heterocycles. The molecule has 2 N–H and O–H groups in total. The Morgan fingerprint density at radius 3 is 1.04 bits per heavy atom. The van der Waals surface area contributed by atoms with Crippen LogP contribution in [0.3, 0.4) is 0 Å². The van der Waals surface area contributed by atoms with Crippen LogP contribution in [0.1, 0.15) is 25.7 Å². The topological polar surface area (TPSA) is 130 Å². The second-order valence-electron chi connectivity index (χ2n) is 5.87. The monoisotopic (exact) mass is 440 g/mol. The minimum absolute atomic E-state index is 0.0587. The van der Waals surface area contributed by atoms with E-state index in [1.54, 1.807) is 0 Å². The second-order valence-corrected chi connectivity index (χ2v) is 12.0. The summed E-state index contributed by atoms with van der Waals surface area (Å²) in [4.78, 5) is 23.3. The summed E-state index contributed by atoms with van der Waals surface area (Å²) in [6.07, 6.45) is 0.826. The fourth-order valence-electron chi connectivity index (χ4n) is 2.85. The van der Waals surface area contributed by atoms with Crippen molar-refractivity contribution in [2.24, 2.45) is 0 Å². The molecule has 0 aromatic carbocycles. The lowest BCUT2D eigenvalue weighted by Gasteiger charge is -2.24. The van der Waals surface area contributed by atoms with Gasteiger partial charge in [-0.1, -0.05) is 0 Å². The summed E-state index contributed by atoms with van der Waals surface area (Å²) in [5.74, 6) is -2.52. The molecule has 0 heterocycles. The first-order valence-corrected chi connectivity index (χ1v) is 12.6. The van der Waals surface area contributed by atoms with E-state index in [9.17, 15) is 19.8 Å². The van der Waals surface area contributed by atoms with E-state index in [1.165, 1.54) is 42.7 Å². The molecule has 0 aromatic rings. The van der Waals surface area contributed by atoms with E-state index >= 15 is 0 Å². The summed E-state index contributed by atoms with van der Waals surface area (Å²) >= 11 is 0. The Labute approximate surface area is 168 Å². The molecular formula is C16H32O10Si2. The molecule has 12 heteroatoms. The standard InChI is InChI=1S/C16H32O10Si2/c1-21-27(22-2,23-3)11-7-9-13(15(17)18)14(16(19)20)10-8-12-28(24-4,25-5)26-6/h7-12H2,1-6H3,(H,17,18)(H,19,20)/b14-13-. The molecule has 0 amide bonds. The Balaban J connectivity index is 5.27. The molecule has 0 unspecified atom stereocenters. The van der Waals surface area contributed by atoms with E-state index in [4.69, 9.17) is 26.6 Å². The van der Waals surface area contributed by atoms with Gasteiger partial charge in [-0.25, -0.2) is 9.59 Å². The van der Waals surface area contributed by atoms with E-state index in [1.807, 2.05) is 0 Å². The van der Waals surface area contributed by atoms with Crippen molar-refractivity contribution in [1.29, 1.82) is 0 Å². The smallest absolute Gasteiger partial charge is 0.478 e. The van der Waals surface area contributed by atoms with E-state index in [0.29, 0.717) is 24.9 Å². The number of hydrogen-bond donors (Lipinski definition) is 2. The normalized spacial score (nSPS) is 13.4. The van der Waals surface area contributed by atoms with Gasteiger partial charge in [0.15, 0.2) is 0 Å². The Kier molecular flexibility index (Phi) is 12.6. The molecule has 0 spiro atoms. The Hall–Kier alpha value is -1.13. The molecule has 28 heavy (non-hydrogen) atoms. The van der Waals surface area contributed by atoms with Crippen molar-refractivity contribution in [2.45, 2.75) is 37.8 Å². The minimum Gasteiger partial charge on any atom is -0.478 e. The highest BCUT2D eigenvalue weighted by molar-refractivity contribution is 6.60. The van der Waals surface area contributed by atoms with Gasteiger partial charge < -0.3 is 36.8 Å². The summed E-state index contributed by atoms with van der Waals surface area (Å²) in [6.45, 7) is 0. The molecule has 0 radical (unpaired) electrons. The van der Waals surface area contributed by atoms with Gasteiger partial charge in [0.1, 0.15) is 0 Å². The van der Waals surface area contributed by atoms with Crippen LogP contribution >= 0.6 is 0 Å². The second kappa shape index (κ2) is 13.2. The van der Waals surface area contributed by atoms with Crippen LogP contribution in [0.4, 0.5) is 0 Å². The van der Waals surface area contributed by atoms with Crippen LogP contribution in [0.15, 0.2) is 11.1 Å². The quantitative estimate of drug-likeness (QED) is 0.270. The van der Waals surface area contributed by atoms with Crippen molar-refractivity contribution in [3.63, 3.8) is 0 Å². The number of carbonyl (C=O) groups is 2. The van der Waals surface area contributed by atoms with Gasteiger partial charge in [0, 0.05) is 65.9 Å². The maximum Gasteiger partial charge on any atom is 0.500 e. The highest BCUT2D eigenvalue weighted by atomic mass is 28.4. The maximum atomic E-state index is 11.7. The van der Waals surface area contributed by atoms with Crippen LogP contribution in [-0.2, 0) is 36.1 Å². The van der Waals surface area contributed by atoms with Gasteiger partial charge in [0.25, 0.3) is 0 Å². The lowest BCUT2D eigenvalue weighted by molar-refractivity contribution is -0.136. The number of aliphatic carboxylic acids is 2. The molecule has 0 aliphatic carbocycles. The Bertz CT molecular complexity index is 467. The third kappa shape index (κ3) is 7.71. The molecular weight excluding hydrogens is 408 g/mol. The fraction of sp³-hybridized carbons (Fsp3) is 0.750. The van der Waals surface area contributed by atoms with Crippen LogP contribution in [0.2, 0.25) is 12.1 Å². The van der Waals surface area contributed by atoms with E-state index < -0.39 is 29.5 Å². The van der Waals surface area contributed by atoms with Crippen LogP contribution in [0.5, 0.6) is 0 Å². The van der Waals surface area contributed by atoms with Crippen molar-refractivity contribution in [2.75, 3.05) is 42.7 Å². The third-order valence-corrected chi connectivity index (χ3v) is 10.2. The van der Waals surface area contributed by atoms with E-state index in [-0.39, 0.29) is 24.0 Å². The predicted octanol–water partition coefficient (Wildman–Crippen LogP) is 1.77. The van der Waals surface area contributed by atoms with Crippen LogP contribution in [0.25, 0.3) is 0 Å². The summed E-state index contributed by atoms with van der Waals surface area (Å²) in [7, 11) is 3.09. The largest absolute Gasteiger partial charge is 0.500 e. The number of hydrogen-bond acceptors (Lipinski definition) is 8. The zero-order valence-corrected chi connectivity index (χ0v) is 19.4. The summed E-state index contributed by atoms with van der Waals surface area (Å²) in [6, 6.07) is 0.737. The molecule has 0 saturated heterocycles. The molecule has 10 nitrogen and oxygen atoms in total. The Morgan fingerprint density at radius 1 is 0.607 bits per heavy atom. The SMILES string of the molecule is CO[Si](CCC/C(C(=O)O)=C(\CCC[Si](OC)(OC)OC)C(=O)O)(OC)OC. The number of carboxylic acids is 2. The van der Waals surface area contributed by atoms with Gasteiger partial charge in [-0.3, -0.25) is 0 Å². The van der Waals surface area contributed by atoms with Crippen LogP contribution in [-0.4, -0.2) is 82.4 Å². The van der Waals surface area contributed by atoms with Gasteiger partial charge in [0.2, 0.25) is 0 Å². The first-order chi connectivity index (χ1) is 13.2. The number of rotatable bonds is 16. The van der Waals surface area contributed by atoms with Gasteiger partial charge in [-0.05, 0) is 25.7 Å². The third-order valence-electron chi connectivity index (χ3n) is 4.57.